The highest BCUT2D eigenvalue weighted by atomic mass is 32.3. The van der Waals surface area contributed by atoms with Crippen LogP contribution in [-0.2, 0) is 0 Å². The first-order valence-corrected chi connectivity index (χ1v) is 25.6. The lowest BCUT2D eigenvalue weighted by molar-refractivity contribution is 1.16. The van der Waals surface area contributed by atoms with Crippen molar-refractivity contribution in [1.29, 1.82) is 0 Å². The largest absolute Gasteiger partial charge is 0.309 e. The van der Waals surface area contributed by atoms with Gasteiger partial charge in [0.05, 0.1) is 33.1 Å². The molecule has 4 heteroatoms. The van der Waals surface area contributed by atoms with Crippen molar-refractivity contribution < 1.29 is 0 Å². The quantitative estimate of drug-likeness (QED) is 0.144. The van der Waals surface area contributed by atoms with Crippen LogP contribution in [0.1, 0.15) is 0 Å². The Morgan fingerprint density at radius 1 is 0.214 bits per heavy atom. The fourth-order valence-electron chi connectivity index (χ4n) is 11.4. The normalized spacial score (nSPS) is 12.2. The second-order valence-corrected chi connectivity index (χ2v) is 21.2. The zero-order valence-corrected chi connectivity index (χ0v) is 39.0. The van der Waals surface area contributed by atoms with E-state index in [1.807, 2.05) is 0 Å². The van der Waals surface area contributed by atoms with E-state index < -0.39 is 10.0 Å². The van der Waals surface area contributed by atoms with Gasteiger partial charge in [0.25, 0.3) is 0 Å². The van der Waals surface area contributed by atoms with E-state index in [0.29, 0.717) is 0 Å². The molecule has 0 bridgehead atoms. The minimum Gasteiger partial charge on any atom is -0.309 e. The van der Waals surface area contributed by atoms with Crippen LogP contribution in [0.4, 0.5) is 0 Å². The molecule has 3 heterocycles. The Bertz CT molecular complexity index is 4210. The van der Waals surface area contributed by atoms with Gasteiger partial charge in [-0.1, -0.05) is 146 Å². The van der Waals surface area contributed by atoms with E-state index in [-0.39, 0.29) is 0 Å². The number of hydrogen-bond acceptors (Lipinski definition) is 0. The highest BCUT2D eigenvalue weighted by Gasteiger charge is 2.33. The van der Waals surface area contributed by atoms with Crippen LogP contribution in [0.3, 0.4) is 0 Å². The van der Waals surface area contributed by atoms with E-state index in [2.05, 4.69) is 287 Å². The van der Waals surface area contributed by atoms with Gasteiger partial charge in [0, 0.05) is 69.0 Å². The lowest BCUT2D eigenvalue weighted by Crippen LogP contribution is -2.05. The van der Waals surface area contributed by atoms with Crippen LogP contribution >= 0.6 is 10.0 Å². The van der Waals surface area contributed by atoms with Gasteiger partial charge in [0.15, 0.2) is 0 Å². The molecule has 70 heavy (non-hydrogen) atoms. The van der Waals surface area contributed by atoms with Crippen molar-refractivity contribution in [3.05, 3.63) is 273 Å². The molecule has 0 fully saturated rings. The van der Waals surface area contributed by atoms with Crippen molar-refractivity contribution in [2.75, 3.05) is 0 Å². The smallest absolute Gasteiger partial charge is 0.0548 e. The highest BCUT2D eigenvalue weighted by molar-refractivity contribution is 8.34. The molecule has 0 aliphatic carbocycles. The Kier molecular flexibility index (Phi) is 9.29. The molecule has 14 rings (SSSR count). The molecule has 0 spiro atoms. The summed E-state index contributed by atoms with van der Waals surface area (Å²) in [6.45, 7) is 0. The van der Waals surface area contributed by atoms with Crippen LogP contribution < -0.4 is 0 Å². The Morgan fingerprint density at radius 2 is 0.543 bits per heavy atom. The molecular formula is C66H45N3S. The Morgan fingerprint density at radius 3 is 1.04 bits per heavy atom. The van der Waals surface area contributed by atoms with E-state index >= 15 is 0 Å². The number of nitrogens with zero attached hydrogens (tertiary/aromatic N) is 3. The molecule has 0 aliphatic rings. The SMILES string of the molecule is c1ccc(-n2c3ccccc3c3cc(-c4ccc(S(c5ccccc5)(c5ccccc5)c5ccc(-n6c7ccccc7c7c8c9ccccc9n(-c9ccccc9)c8ccc76)cc5)cc4)ccc32)cc1. The van der Waals surface area contributed by atoms with Crippen molar-refractivity contribution in [3.63, 3.8) is 0 Å². The van der Waals surface area contributed by atoms with Gasteiger partial charge in [-0.25, -0.2) is 0 Å². The highest BCUT2D eigenvalue weighted by Crippen LogP contribution is 2.73. The zero-order valence-electron chi connectivity index (χ0n) is 38.2. The summed E-state index contributed by atoms with van der Waals surface area (Å²) in [6, 6.07) is 101. The van der Waals surface area contributed by atoms with Gasteiger partial charge in [-0.05, 0) is 139 Å². The summed E-state index contributed by atoms with van der Waals surface area (Å²) in [6.07, 6.45) is 0. The molecule has 0 saturated carbocycles. The average molecular weight is 912 g/mol. The van der Waals surface area contributed by atoms with Gasteiger partial charge in [0.1, 0.15) is 0 Å². The molecule has 330 valence electrons. The van der Waals surface area contributed by atoms with Gasteiger partial charge in [-0.2, -0.15) is 0 Å². The van der Waals surface area contributed by atoms with Crippen molar-refractivity contribution in [3.8, 4) is 28.2 Å². The fraction of sp³-hybridized carbons (Fsp3) is 0. The Labute approximate surface area is 407 Å². The van der Waals surface area contributed by atoms with Crippen molar-refractivity contribution in [2.24, 2.45) is 0 Å². The van der Waals surface area contributed by atoms with E-state index in [1.165, 1.54) is 102 Å². The van der Waals surface area contributed by atoms with Crippen LogP contribution in [0.2, 0.25) is 0 Å². The Hall–Kier alpha value is -8.83. The van der Waals surface area contributed by atoms with E-state index in [4.69, 9.17) is 0 Å². The summed E-state index contributed by atoms with van der Waals surface area (Å²) >= 11 is 0. The standard InChI is InChI=1S/C66H45N3S/c1-5-19-48(20-6-1)67-59-30-16-13-27-55(59)58-45-47(35-42-62(58)67)46-33-38-53(39-34-46)70(51-23-9-3-10-24-51,52-25-11-4-12-26-52)54-40-36-50(37-41-54)69-61-32-18-15-29-57(61)66-64(69)44-43-63-65(66)56-28-14-17-31-60(56)68(63)49-21-7-2-8-22-49/h1-45H. The number of rotatable bonds is 8. The molecule has 3 nitrogen and oxygen atoms in total. The molecule has 0 N–H and O–H groups in total. The molecule has 14 aromatic rings. The minimum atomic E-state index is -1.96. The van der Waals surface area contributed by atoms with E-state index in [1.54, 1.807) is 0 Å². The second kappa shape index (κ2) is 16.2. The first-order valence-electron chi connectivity index (χ1n) is 24.0. The predicted molar refractivity (Wildman–Crippen MR) is 295 cm³/mol. The fourth-order valence-corrected chi connectivity index (χ4v) is 15.2. The number of benzene rings is 11. The number of para-hydroxylation sites is 5. The van der Waals surface area contributed by atoms with Crippen molar-refractivity contribution in [1.82, 2.24) is 13.7 Å². The maximum Gasteiger partial charge on any atom is 0.0548 e. The number of hydrogen-bond donors (Lipinski definition) is 0. The number of fused-ring (bicyclic) bond motifs is 10. The third-order valence-electron chi connectivity index (χ3n) is 14.4. The zero-order chi connectivity index (χ0) is 46.2. The van der Waals surface area contributed by atoms with Gasteiger partial charge in [0.2, 0.25) is 0 Å². The molecule has 0 aliphatic heterocycles. The molecule has 0 unspecified atom stereocenters. The van der Waals surface area contributed by atoms with Crippen LogP contribution in [0.15, 0.2) is 293 Å². The summed E-state index contributed by atoms with van der Waals surface area (Å²) in [4.78, 5) is 5.17. The maximum atomic E-state index is 2.47. The van der Waals surface area contributed by atoms with Gasteiger partial charge in [-0.15, -0.1) is 10.0 Å². The summed E-state index contributed by atoms with van der Waals surface area (Å²) in [7, 11) is -1.96. The summed E-state index contributed by atoms with van der Waals surface area (Å²) in [5, 5.41) is 7.57. The van der Waals surface area contributed by atoms with Crippen molar-refractivity contribution in [2.45, 2.75) is 19.6 Å². The van der Waals surface area contributed by atoms with E-state index in [9.17, 15) is 0 Å². The topological polar surface area (TPSA) is 14.8 Å². The second-order valence-electron chi connectivity index (χ2n) is 18.1. The van der Waals surface area contributed by atoms with Crippen LogP contribution in [0.25, 0.3) is 93.6 Å². The molecule has 11 aromatic carbocycles. The molecule has 0 amide bonds. The summed E-state index contributed by atoms with van der Waals surface area (Å²) in [5.74, 6) is 0. The van der Waals surface area contributed by atoms with Gasteiger partial charge < -0.3 is 13.7 Å². The first-order chi connectivity index (χ1) is 34.8. The summed E-state index contributed by atoms with van der Waals surface area (Å²) < 4.78 is 7.26. The molecule has 0 atom stereocenters. The average Bonchev–Trinajstić information content (AvgIpc) is 4.08. The molecule has 0 radical (unpaired) electrons. The lowest BCUT2D eigenvalue weighted by atomic mass is 10.0. The number of aromatic nitrogens is 3. The molecular weight excluding hydrogens is 867 g/mol. The van der Waals surface area contributed by atoms with Gasteiger partial charge in [-0.3, -0.25) is 0 Å². The van der Waals surface area contributed by atoms with Crippen LogP contribution in [0.5, 0.6) is 0 Å². The third-order valence-corrected chi connectivity index (χ3v) is 18.3. The third kappa shape index (κ3) is 6.03. The lowest BCUT2D eigenvalue weighted by Gasteiger charge is -2.42. The monoisotopic (exact) mass is 911 g/mol. The molecule has 3 aromatic heterocycles. The Balaban J connectivity index is 0.931. The minimum absolute atomic E-state index is 1.13. The van der Waals surface area contributed by atoms with E-state index in [0.717, 1.165) is 11.4 Å². The van der Waals surface area contributed by atoms with Gasteiger partial charge >= 0.3 is 0 Å². The van der Waals surface area contributed by atoms with Crippen molar-refractivity contribution >= 4 is 75.4 Å². The summed E-state index contributed by atoms with van der Waals surface area (Å²) in [5.41, 5.74) is 13.1. The predicted octanol–water partition coefficient (Wildman–Crippen LogP) is 18.0. The molecule has 0 saturated heterocycles. The maximum absolute atomic E-state index is 2.47. The van der Waals surface area contributed by atoms with Crippen LogP contribution in [0, 0.1) is 0 Å². The first kappa shape index (κ1) is 40.3. The van der Waals surface area contributed by atoms with Crippen LogP contribution in [-0.4, -0.2) is 13.7 Å².